The van der Waals surface area contributed by atoms with Gasteiger partial charge >= 0.3 is 0 Å². The average Bonchev–Trinajstić information content (AvgIpc) is 2.79. The van der Waals surface area contributed by atoms with Crippen molar-refractivity contribution in [2.24, 2.45) is 17.3 Å². The largest absolute Gasteiger partial charge is 0.383 e. The highest BCUT2D eigenvalue weighted by atomic mass is 16.3. The fourth-order valence-electron chi connectivity index (χ4n) is 3.57. The number of aliphatic hydroxyl groups is 1. The molecule has 96 valence electrons. The smallest absolute Gasteiger partial charge is 0.249 e. The summed E-state index contributed by atoms with van der Waals surface area (Å²) in [7, 11) is 0. The molecule has 1 amide bonds. The van der Waals surface area contributed by atoms with E-state index in [1.165, 1.54) is 6.42 Å². The molecule has 0 bridgehead atoms. The summed E-state index contributed by atoms with van der Waals surface area (Å²) in [5.74, 6) is 0.805. The Morgan fingerprint density at radius 2 is 2.24 bits per heavy atom. The van der Waals surface area contributed by atoms with Crippen LogP contribution in [0, 0.1) is 17.3 Å². The van der Waals surface area contributed by atoms with Gasteiger partial charge in [-0.25, -0.2) is 0 Å². The topological polar surface area (TPSA) is 61.4 Å². The molecule has 1 saturated heterocycles. The van der Waals surface area contributed by atoms with E-state index in [9.17, 15) is 9.90 Å². The number of hydrogen-bond donors (Lipinski definition) is 3. The van der Waals surface area contributed by atoms with Crippen LogP contribution < -0.4 is 10.6 Å². The molecule has 0 aromatic rings. The Kier molecular flexibility index (Phi) is 2.87. The second-order valence-corrected chi connectivity index (χ2v) is 6.10. The lowest BCUT2D eigenvalue weighted by atomic mass is 9.99. The van der Waals surface area contributed by atoms with E-state index < -0.39 is 6.10 Å². The number of piperidine rings is 1. The maximum Gasteiger partial charge on any atom is 0.249 e. The third-order valence-electron chi connectivity index (χ3n) is 4.96. The Morgan fingerprint density at radius 1 is 1.47 bits per heavy atom. The van der Waals surface area contributed by atoms with Crippen molar-refractivity contribution in [3.8, 4) is 0 Å². The van der Waals surface area contributed by atoms with Crippen LogP contribution in [0.2, 0.25) is 0 Å². The van der Waals surface area contributed by atoms with E-state index in [4.69, 9.17) is 0 Å². The van der Waals surface area contributed by atoms with Gasteiger partial charge in [-0.15, -0.1) is 0 Å². The highest BCUT2D eigenvalue weighted by Gasteiger charge is 2.56. The molecule has 3 fully saturated rings. The van der Waals surface area contributed by atoms with Crippen molar-refractivity contribution in [3.05, 3.63) is 0 Å². The Hall–Kier alpha value is -0.610. The quantitative estimate of drug-likeness (QED) is 0.658. The predicted molar refractivity (Wildman–Crippen MR) is 64.4 cm³/mol. The molecule has 3 rings (SSSR count). The van der Waals surface area contributed by atoms with Crippen molar-refractivity contribution in [2.75, 3.05) is 19.6 Å². The zero-order chi connectivity index (χ0) is 11.9. The summed E-state index contributed by atoms with van der Waals surface area (Å²) in [5.41, 5.74) is 0.324. The zero-order valence-corrected chi connectivity index (χ0v) is 10.2. The molecule has 3 N–H and O–H groups in total. The molecule has 1 unspecified atom stereocenters. The molecule has 2 aliphatic carbocycles. The number of hydrogen-bond acceptors (Lipinski definition) is 3. The molecule has 1 heterocycles. The van der Waals surface area contributed by atoms with Crippen LogP contribution in [-0.4, -0.2) is 36.8 Å². The van der Waals surface area contributed by atoms with E-state index in [1.807, 2.05) is 0 Å². The second kappa shape index (κ2) is 4.25. The van der Waals surface area contributed by atoms with Crippen molar-refractivity contribution in [1.29, 1.82) is 0 Å². The van der Waals surface area contributed by atoms with Crippen LogP contribution in [0.25, 0.3) is 0 Å². The van der Waals surface area contributed by atoms with E-state index >= 15 is 0 Å². The first kappa shape index (κ1) is 11.5. The number of fused-ring (bicyclic) bond motifs is 1. The molecule has 3 atom stereocenters. The van der Waals surface area contributed by atoms with Gasteiger partial charge < -0.3 is 15.7 Å². The van der Waals surface area contributed by atoms with Gasteiger partial charge in [0.05, 0.1) is 0 Å². The van der Waals surface area contributed by atoms with Crippen LogP contribution in [0.5, 0.6) is 0 Å². The summed E-state index contributed by atoms with van der Waals surface area (Å²) in [6.07, 6.45) is 4.78. The zero-order valence-electron chi connectivity index (χ0n) is 10.2. The molecule has 0 radical (unpaired) electrons. The maximum atomic E-state index is 11.9. The molecule has 0 spiro atoms. The fraction of sp³-hybridized carbons (Fsp3) is 0.923. The summed E-state index contributed by atoms with van der Waals surface area (Å²) in [4.78, 5) is 11.9. The first-order valence-corrected chi connectivity index (χ1v) is 6.88. The van der Waals surface area contributed by atoms with Crippen LogP contribution in [0.4, 0.5) is 0 Å². The molecule has 4 heteroatoms. The molecular formula is C13H22N2O2. The van der Waals surface area contributed by atoms with E-state index in [0.717, 1.165) is 51.2 Å². The number of carbonyl (C=O) groups is 1. The molecule has 4 nitrogen and oxygen atoms in total. The Labute approximate surface area is 102 Å². The molecule has 0 aromatic carbocycles. The predicted octanol–water partition coefficient (Wildman–Crippen LogP) is 0.263. The number of nitrogens with one attached hydrogen (secondary N) is 2. The lowest BCUT2D eigenvalue weighted by Gasteiger charge is -2.19. The number of carbonyl (C=O) groups excluding carboxylic acids is 1. The minimum atomic E-state index is -0.777. The number of aliphatic hydroxyl groups excluding tert-OH is 1. The van der Waals surface area contributed by atoms with E-state index in [1.54, 1.807) is 0 Å². The Bertz CT molecular complexity index is 315. The van der Waals surface area contributed by atoms with Gasteiger partial charge in [-0.2, -0.15) is 0 Å². The summed E-state index contributed by atoms with van der Waals surface area (Å²) >= 11 is 0. The van der Waals surface area contributed by atoms with Gasteiger partial charge in [0.15, 0.2) is 0 Å². The third kappa shape index (κ3) is 2.08. The van der Waals surface area contributed by atoms with Gasteiger partial charge in [0.1, 0.15) is 6.10 Å². The van der Waals surface area contributed by atoms with Gasteiger partial charge in [-0.3, -0.25) is 4.79 Å². The van der Waals surface area contributed by atoms with Crippen molar-refractivity contribution in [3.63, 3.8) is 0 Å². The van der Waals surface area contributed by atoms with E-state index in [2.05, 4.69) is 10.6 Å². The SMILES string of the molecule is O=C(NCC12CNC[C@H]1C2)[C@H](O)C1CCCC1. The van der Waals surface area contributed by atoms with Crippen LogP contribution in [0.3, 0.4) is 0 Å². The van der Waals surface area contributed by atoms with Crippen molar-refractivity contribution in [1.82, 2.24) is 10.6 Å². The summed E-state index contributed by atoms with van der Waals surface area (Å²) in [5, 5.41) is 16.3. The van der Waals surface area contributed by atoms with E-state index in [0.29, 0.717) is 5.41 Å². The van der Waals surface area contributed by atoms with Crippen molar-refractivity contribution < 1.29 is 9.90 Å². The minimum Gasteiger partial charge on any atom is -0.383 e. The number of rotatable bonds is 4. The average molecular weight is 238 g/mol. The van der Waals surface area contributed by atoms with Gasteiger partial charge in [0.25, 0.3) is 0 Å². The Balaban J connectivity index is 1.46. The molecule has 2 saturated carbocycles. The van der Waals surface area contributed by atoms with Gasteiger partial charge in [0, 0.05) is 18.5 Å². The maximum absolute atomic E-state index is 11.9. The van der Waals surface area contributed by atoms with Crippen LogP contribution in [0.15, 0.2) is 0 Å². The van der Waals surface area contributed by atoms with Crippen molar-refractivity contribution in [2.45, 2.75) is 38.2 Å². The minimum absolute atomic E-state index is 0.149. The van der Waals surface area contributed by atoms with E-state index in [-0.39, 0.29) is 11.8 Å². The van der Waals surface area contributed by atoms with Crippen LogP contribution in [-0.2, 0) is 4.79 Å². The van der Waals surface area contributed by atoms with Gasteiger partial charge in [0.2, 0.25) is 5.91 Å². The summed E-state index contributed by atoms with van der Waals surface area (Å²) < 4.78 is 0. The second-order valence-electron chi connectivity index (χ2n) is 6.10. The molecule has 3 aliphatic rings. The molecule has 17 heavy (non-hydrogen) atoms. The van der Waals surface area contributed by atoms with Gasteiger partial charge in [-0.05, 0) is 37.6 Å². The van der Waals surface area contributed by atoms with Crippen LogP contribution in [0.1, 0.15) is 32.1 Å². The lowest BCUT2D eigenvalue weighted by Crippen LogP contribution is -2.42. The van der Waals surface area contributed by atoms with Crippen LogP contribution >= 0.6 is 0 Å². The first-order chi connectivity index (χ1) is 8.21. The lowest BCUT2D eigenvalue weighted by molar-refractivity contribution is -0.132. The van der Waals surface area contributed by atoms with Crippen molar-refractivity contribution >= 4 is 5.91 Å². The highest BCUT2D eigenvalue weighted by Crippen LogP contribution is 2.54. The highest BCUT2D eigenvalue weighted by molar-refractivity contribution is 5.80. The summed E-state index contributed by atoms with van der Waals surface area (Å²) in [6, 6.07) is 0. The molecule has 0 aromatic heterocycles. The summed E-state index contributed by atoms with van der Waals surface area (Å²) in [6.45, 7) is 2.87. The first-order valence-electron chi connectivity index (χ1n) is 6.88. The molecule has 1 aliphatic heterocycles. The molecular weight excluding hydrogens is 216 g/mol. The normalized spacial score (nSPS) is 37.8. The Morgan fingerprint density at radius 3 is 2.82 bits per heavy atom. The third-order valence-corrected chi connectivity index (χ3v) is 4.96. The standard InChI is InChI=1S/C13H22N2O2/c16-11(9-3-1-2-4-9)12(17)15-8-13-5-10(13)6-14-7-13/h9-11,14,16H,1-8H2,(H,15,17)/t10-,11-,13?/m1/s1. The monoisotopic (exact) mass is 238 g/mol. The van der Waals surface area contributed by atoms with Gasteiger partial charge in [-0.1, -0.05) is 12.8 Å². The fourth-order valence-corrected chi connectivity index (χ4v) is 3.57. The number of amides is 1.